The normalized spacial score (nSPS) is 15.5. The third-order valence-corrected chi connectivity index (χ3v) is 2.80. The lowest BCUT2D eigenvalue weighted by Crippen LogP contribution is -2.32. The van der Waals surface area contributed by atoms with Crippen molar-refractivity contribution in [1.29, 1.82) is 0 Å². The number of hydrogen-bond acceptors (Lipinski definition) is 3. The number of nitrogens with zero attached hydrogens (tertiary/aromatic N) is 1. The molecule has 1 heterocycles. The molecule has 0 aliphatic carbocycles. The Labute approximate surface area is 85.0 Å². The lowest BCUT2D eigenvalue weighted by molar-refractivity contribution is -0.0135. The molecule has 0 spiro atoms. The van der Waals surface area contributed by atoms with Gasteiger partial charge in [-0.15, -0.1) is 0 Å². The molecule has 0 aliphatic heterocycles. The van der Waals surface area contributed by atoms with Gasteiger partial charge in [-0.25, -0.2) is 4.98 Å². The van der Waals surface area contributed by atoms with Crippen LogP contribution in [0.2, 0.25) is 0 Å². The molecular weight excluding hydrogens is 176 g/mol. The Morgan fingerprint density at radius 1 is 1.57 bits per heavy atom. The quantitative estimate of drug-likeness (QED) is 0.772. The van der Waals surface area contributed by atoms with Gasteiger partial charge in [-0.3, -0.25) is 0 Å². The van der Waals surface area contributed by atoms with Gasteiger partial charge in [-0.05, 0) is 18.4 Å². The first-order valence-corrected chi connectivity index (χ1v) is 4.95. The fourth-order valence-electron chi connectivity index (χ4n) is 1.69. The summed E-state index contributed by atoms with van der Waals surface area (Å²) in [5, 5.41) is 10.4. The molecule has 1 unspecified atom stereocenters. The van der Waals surface area contributed by atoms with Crippen molar-refractivity contribution < 1.29 is 5.11 Å². The van der Waals surface area contributed by atoms with Gasteiger partial charge in [0.05, 0.1) is 5.60 Å². The molecule has 0 aromatic carbocycles. The fourth-order valence-corrected chi connectivity index (χ4v) is 1.69. The highest BCUT2D eigenvalue weighted by Crippen LogP contribution is 2.34. The number of aromatic nitrogens is 1. The third kappa shape index (κ3) is 1.73. The molecule has 14 heavy (non-hydrogen) atoms. The topological polar surface area (TPSA) is 59.1 Å². The Morgan fingerprint density at radius 3 is 2.64 bits per heavy atom. The van der Waals surface area contributed by atoms with Crippen LogP contribution in [0.4, 0.5) is 5.82 Å². The second-order valence-electron chi connectivity index (χ2n) is 3.87. The van der Waals surface area contributed by atoms with Crippen molar-refractivity contribution in [1.82, 2.24) is 4.98 Å². The van der Waals surface area contributed by atoms with Gasteiger partial charge >= 0.3 is 0 Å². The zero-order chi connectivity index (χ0) is 10.8. The maximum Gasteiger partial charge on any atom is 0.129 e. The lowest BCUT2D eigenvalue weighted by atomic mass is 9.81. The van der Waals surface area contributed by atoms with Crippen LogP contribution in [0.5, 0.6) is 0 Å². The first-order valence-electron chi connectivity index (χ1n) is 4.95. The van der Waals surface area contributed by atoms with Crippen LogP contribution in [0.3, 0.4) is 0 Å². The number of hydrogen-bond donors (Lipinski definition) is 2. The summed E-state index contributed by atoms with van der Waals surface area (Å²) in [5.41, 5.74) is 5.62. The van der Waals surface area contributed by atoms with E-state index in [9.17, 15) is 5.11 Å². The number of nitrogens with two attached hydrogens (primary N) is 1. The van der Waals surface area contributed by atoms with Crippen molar-refractivity contribution in [2.75, 3.05) is 5.73 Å². The largest absolute Gasteiger partial charge is 0.385 e. The summed E-state index contributed by atoms with van der Waals surface area (Å²) >= 11 is 0. The molecular formula is C11H18N2O. The summed E-state index contributed by atoms with van der Waals surface area (Å²) in [6.07, 6.45) is 2.27. The van der Waals surface area contributed by atoms with Crippen molar-refractivity contribution in [3.05, 3.63) is 23.9 Å². The maximum absolute atomic E-state index is 10.4. The van der Waals surface area contributed by atoms with E-state index in [4.69, 9.17) is 5.73 Å². The van der Waals surface area contributed by atoms with Crippen LogP contribution in [-0.4, -0.2) is 10.1 Å². The van der Waals surface area contributed by atoms with Crippen molar-refractivity contribution in [3.63, 3.8) is 0 Å². The van der Waals surface area contributed by atoms with Crippen LogP contribution in [0.15, 0.2) is 18.3 Å². The Kier molecular flexibility index (Phi) is 3.11. The Balaban J connectivity index is 3.19. The monoisotopic (exact) mass is 194 g/mol. The predicted octanol–water partition coefficient (Wildman–Crippen LogP) is 1.92. The maximum atomic E-state index is 10.4. The van der Waals surface area contributed by atoms with Crippen LogP contribution >= 0.6 is 0 Å². The SMILES string of the molecule is CCC(O)(c1cccnc1N)C(C)C. The molecule has 0 aliphatic rings. The smallest absolute Gasteiger partial charge is 0.129 e. The second-order valence-corrected chi connectivity index (χ2v) is 3.87. The summed E-state index contributed by atoms with van der Waals surface area (Å²) in [4.78, 5) is 3.99. The van der Waals surface area contributed by atoms with Crippen molar-refractivity contribution in [2.45, 2.75) is 32.8 Å². The van der Waals surface area contributed by atoms with E-state index in [2.05, 4.69) is 4.98 Å². The van der Waals surface area contributed by atoms with Gasteiger partial charge in [0.1, 0.15) is 5.82 Å². The fraction of sp³-hybridized carbons (Fsp3) is 0.545. The second kappa shape index (κ2) is 3.96. The minimum absolute atomic E-state index is 0.124. The Bertz CT molecular complexity index is 312. The molecule has 3 nitrogen and oxygen atoms in total. The van der Waals surface area contributed by atoms with E-state index >= 15 is 0 Å². The minimum Gasteiger partial charge on any atom is -0.385 e. The molecule has 3 heteroatoms. The highest BCUT2D eigenvalue weighted by molar-refractivity contribution is 5.43. The summed E-state index contributed by atoms with van der Waals surface area (Å²) in [7, 11) is 0. The van der Waals surface area contributed by atoms with Crippen molar-refractivity contribution in [2.24, 2.45) is 5.92 Å². The van der Waals surface area contributed by atoms with E-state index in [1.165, 1.54) is 0 Å². The highest BCUT2D eigenvalue weighted by atomic mass is 16.3. The zero-order valence-corrected chi connectivity index (χ0v) is 8.99. The number of pyridine rings is 1. The number of aliphatic hydroxyl groups is 1. The first-order chi connectivity index (χ1) is 6.52. The summed E-state index contributed by atoms with van der Waals surface area (Å²) < 4.78 is 0. The molecule has 0 saturated heterocycles. The molecule has 0 amide bonds. The highest BCUT2D eigenvalue weighted by Gasteiger charge is 2.32. The van der Waals surface area contributed by atoms with Gasteiger partial charge in [0.15, 0.2) is 0 Å². The minimum atomic E-state index is -0.863. The molecule has 3 N–H and O–H groups in total. The van der Waals surface area contributed by atoms with E-state index in [-0.39, 0.29) is 5.92 Å². The van der Waals surface area contributed by atoms with Crippen molar-refractivity contribution in [3.8, 4) is 0 Å². The number of rotatable bonds is 3. The standard InChI is InChI=1S/C11H18N2O/c1-4-11(14,8(2)3)9-6-5-7-13-10(9)12/h5-8,14H,4H2,1-3H3,(H2,12,13). The van der Waals surface area contributed by atoms with Crippen LogP contribution in [0.25, 0.3) is 0 Å². The lowest BCUT2D eigenvalue weighted by Gasteiger charge is -2.32. The van der Waals surface area contributed by atoms with Gasteiger partial charge in [0, 0.05) is 11.8 Å². The summed E-state index contributed by atoms with van der Waals surface area (Å²) in [6, 6.07) is 3.64. The van der Waals surface area contributed by atoms with Crippen LogP contribution < -0.4 is 5.73 Å². The average molecular weight is 194 g/mol. The Hall–Kier alpha value is -1.09. The summed E-state index contributed by atoms with van der Waals surface area (Å²) in [6.45, 7) is 5.92. The number of nitrogen functional groups attached to an aromatic ring is 1. The van der Waals surface area contributed by atoms with E-state index in [0.29, 0.717) is 12.2 Å². The average Bonchev–Trinajstić information content (AvgIpc) is 2.17. The molecule has 0 fully saturated rings. The van der Waals surface area contributed by atoms with E-state index < -0.39 is 5.60 Å². The molecule has 1 aromatic rings. The van der Waals surface area contributed by atoms with Gasteiger partial charge < -0.3 is 10.8 Å². The van der Waals surface area contributed by atoms with Gasteiger partial charge in [-0.1, -0.05) is 26.8 Å². The van der Waals surface area contributed by atoms with Crippen LogP contribution in [0, 0.1) is 5.92 Å². The van der Waals surface area contributed by atoms with Gasteiger partial charge in [0.2, 0.25) is 0 Å². The van der Waals surface area contributed by atoms with E-state index in [1.807, 2.05) is 26.8 Å². The van der Waals surface area contributed by atoms with Crippen molar-refractivity contribution >= 4 is 5.82 Å². The third-order valence-electron chi connectivity index (χ3n) is 2.80. The molecule has 1 rings (SSSR count). The zero-order valence-electron chi connectivity index (χ0n) is 8.99. The molecule has 0 saturated carbocycles. The van der Waals surface area contributed by atoms with Crippen LogP contribution in [-0.2, 0) is 5.60 Å². The molecule has 0 radical (unpaired) electrons. The summed E-state index contributed by atoms with van der Waals surface area (Å²) in [5.74, 6) is 0.546. The van der Waals surface area contributed by atoms with E-state index in [0.717, 1.165) is 5.56 Å². The number of anilines is 1. The molecule has 0 bridgehead atoms. The predicted molar refractivity (Wildman–Crippen MR) is 57.7 cm³/mol. The van der Waals surface area contributed by atoms with Gasteiger partial charge in [0.25, 0.3) is 0 Å². The Morgan fingerprint density at radius 2 is 2.21 bits per heavy atom. The molecule has 1 atom stereocenters. The first kappa shape index (κ1) is 11.0. The van der Waals surface area contributed by atoms with Crippen LogP contribution in [0.1, 0.15) is 32.8 Å². The molecule has 78 valence electrons. The van der Waals surface area contributed by atoms with E-state index in [1.54, 1.807) is 12.3 Å². The molecule has 1 aromatic heterocycles. The van der Waals surface area contributed by atoms with Gasteiger partial charge in [-0.2, -0.15) is 0 Å².